The van der Waals surface area contributed by atoms with E-state index in [1.165, 1.54) is 77.0 Å². The van der Waals surface area contributed by atoms with Crippen molar-refractivity contribution in [2.24, 2.45) is 5.92 Å². The van der Waals surface area contributed by atoms with Crippen LogP contribution in [-0.2, 0) is 4.79 Å². The predicted octanol–water partition coefficient (Wildman–Crippen LogP) is 8.52. The van der Waals surface area contributed by atoms with Gasteiger partial charge in [0, 0.05) is 6.42 Å². The first kappa shape index (κ1) is 29.9. The molecule has 0 heterocycles. The van der Waals surface area contributed by atoms with E-state index in [0.29, 0.717) is 17.9 Å². The number of unbranched alkanes of at least 4 members (excludes halogenated alkanes) is 11. The lowest BCUT2D eigenvalue weighted by Gasteiger charge is -2.13. The van der Waals surface area contributed by atoms with Gasteiger partial charge in [0.2, 0.25) is 0 Å². The molecular weight excluding hydrogens is 400 g/mol. The number of carboxylic acids is 2. The Labute approximate surface area is 196 Å². The molecule has 4 nitrogen and oxygen atoms in total. The molecule has 4 heteroatoms. The summed E-state index contributed by atoms with van der Waals surface area (Å²) in [5, 5.41) is 17.2. The zero-order valence-electron chi connectivity index (χ0n) is 20.3. The van der Waals surface area contributed by atoms with Crippen molar-refractivity contribution in [1.82, 2.24) is 0 Å². The first-order chi connectivity index (χ1) is 15.5. The smallest absolute Gasteiger partial charge is 0.335 e. The Morgan fingerprint density at radius 2 is 1.31 bits per heavy atom. The molecule has 0 aliphatic carbocycles. The van der Waals surface area contributed by atoms with Crippen LogP contribution in [0.5, 0.6) is 0 Å². The third-order valence-corrected chi connectivity index (χ3v) is 5.75. The molecule has 0 aliphatic rings. The average molecular weight is 447 g/mol. The molecule has 182 valence electrons. The maximum Gasteiger partial charge on any atom is 0.335 e. The summed E-state index contributed by atoms with van der Waals surface area (Å²) in [5.41, 5.74) is 0.331. The van der Waals surface area contributed by atoms with Crippen LogP contribution in [0.3, 0.4) is 0 Å². The summed E-state index contributed by atoms with van der Waals surface area (Å²) in [6.07, 6.45) is 21.7. The van der Waals surface area contributed by atoms with Gasteiger partial charge in [0.1, 0.15) is 0 Å². The third-order valence-electron chi connectivity index (χ3n) is 5.75. The highest BCUT2D eigenvalue weighted by Crippen LogP contribution is 2.20. The van der Waals surface area contributed by atoms with Gasteiger partial charge in [-0.25, -0.2) is 4.79 Å². The molecule has 0 radical (unpaired) electrons. The van der Waals surface area contributed by atoms with Crippen LogP contribution in [0.1, 0.15) is 120 Å². The van der Waals surface area contributed by atoms with E-state index in [2.05, 4.69) is 13.5 Å². The van der Waals surface area contributed by atoms with E-state index in [0.717, 1.165) is 19.3 Å². The minimum absolute atomic E-state index is 0.302. The molecule has 0 fully saturated rings. The fourth-order valence-corrected chi connectivity index (χ4v) is 3.80. The number of aliphatic carboxylic acids is 1. The van der Waals surface area contributed by atoms with Crippen molar-refractivity contribution in [3.63, 3.8) is 0 Å². The predicted molar refractivity (Wildman–Crippen MR) is 134 cm³/mol. The zero-order chi connectivity index (χ0) is 23.9. The molecule has 1 aromatic carbocycles. The lowest BCUT2D eigenvalue weighted by atomic mass is 9.93. The van der Waals surface area contributed by atoms with Crippen LogP contribution in [0.25, 0.3) is 0 Å². The number of rotatable bonds is 19. The Hall–Kier alpha value is -2.10. The van der Waals surface area contributed by atoms with Crippen molar-refractivity contribution in [3.05, 3.63) is 48.6 Å². The third kappa shape index (κ3) is 19.8. The quantitative estimate of drug-likeness (QED) is 0.165. The normalized spacial score (nSPS) is 11.3. The second kappa shape index (κ2) is 22.1. The highest BCUT2D eigenvalue weighted by atomic mass is 16.4. The fraction of sp³-hybridized carbons (Fsp3) is 0.643. The van der Waals surface area contributed by atoms with Crippen LogP contribution in [0.2, 0.25) is 0 Å². The molecule has 32 heavy (non-hydrogen) atoms. The molecule has 0 amide bonds. The molecule has 0 saturated heterocycles. The van der Waals surface area contributed by atoms with Crippen LogP contribution >= 0.6 is 0 Å². The van der Waals surface area contributed by atoms with Gasteiger partial charge in [-0.15, -0.1) is 6.58 Å². The van der Waals surface area contributed by atoms with Gasteiger partial charge in [-0.1, -0.05) is 115 Å². The summed E-state index contributed by atoms with van der Waals surface area (Å²) in [5.74, 6) is -1.03. The molecule has 1 atom stereocenters. The SMILES string of the molecule is C=CCC(CCCCCCCCCCCCCC)CCC(=O)O.O=C(O)c1ccccc1. The van der Waals surface area contributed by atoms with Crippen molar-refractivity contribution in [2.75, 3.05) is 0 Å². The summed E-state index contributed by atoms with van der Waals surface area (Å²) in [6.45, 7) is 6.06. The molecule has 0 bridgehead atoms. The molecule has 2 N–H and O–H groups in total. The maximum atomic E-state index is 10.7. The Bertz CT molecular complexity index is 582. The van der Waals surface area contributed by atoms with Gasteiger partial charge >= 0.3 is 11.9 Å². The van der Waals surface area contributed by atoms with Crippen molar-refractivity contribution < 1.29 is 19.8 Å². The first-order valence-electron chi connectivity index (χ1n) is 12.6. The number of allylic oxidation sites excluding steroid dienone is 1. The van der Waals surface area contributed by atoms with Gasteiger partial charge in [0.15, 0.2) is 0 Å². The van der Waals surface area contributed by atoms with Gasteiger partial charge in [-0.05, 0) is 30.9 Å². The molecular formula is C28H46O4. The number of carboxylic acid groups (broad SMARTS) is 2. The molecule has 1 aromatic rings. The largest absolute Gasteiger partial charge is 0.481 e. The Balaban J connectivity index is 0.000000879. The lowest BCUT2D eigenvalue weighted by Crippen LogP contribution is -2.04. The van der Waals surface area contributed by atoms with Gasteiger partial charge < -0.3 is 10.2 Å². The van der Waals surface area contributed by atoms with Crippen molar-refractivity contribution in [3.8, 4) is 0 Å². The molecule has 0 aromatic heterocycles. The van der Waals surface area contributed by atoms with E-state index in [-0.39, 0.29) is 0 Å². The molecule has 0 spiro atoms. The van der Waals surface area contributed by atoms with E-state index in [1.54, 1.807) is 30.3 Å². The van der Waals surface area contributed by atoms with Crippen molar-refractivity contribution >= 4 is 11.9 Å². The van der Waals surface area contributed by atoms with Gasteiger partial charge in [0.05, 0.1) is 5.56 Å². The standard InChI is InChI=1S/C21H40O2.C7H6O2/c1-3-5-6-7-8-9-10-11-12-13-14-15-17-20(16-4-2)18-19-21(22)23;8-7(9)6-4-2-1-3-5-6/h4,20H,2-3,5-19H2,1H3,(H,22,23);1-5H,(H,8,9). The average Bonchev–Trinajstić information content (AvgIpc) is 2.79. The summed E-state index contributed by atoms with van der Waals surface area (Å²) >= 11 is 0. The highest BCUT2D eigenvalue weighted by Gasteiger charge is 2.09. The van der Waals surface area contributed by atoms with Crippen LogP contribution < -0.4 is 0 Å². The molecule has 1 unspecified atom stereocenters. The van der Waals surface area contributed by atoms with Gasteiger partial charge in [0.25, 0.3) is 0 Å². The molecule has 0 aliphatic heterocycles. The Morgan fingerprint density at radius 1 is 0.812 bits per heavy atom. The lowest BCUT2D eigenvalue weighted by molar-refractivity contribution is -0.137. The summed E-state index contributed by atoms with van der Waals surface area (Å²) in [6, 6.07) is 8.30. The monoisotopic (exact) mass is 446 g/mol. The number of aromatic carboxylic acids is 1. The van der Waals surface area contributed by atoms with Crippen LogP contribution in [0.15, 0.2) is 43.0 Å². The molecule has 0 saturated carbocycles. The van der Waals surface area contributed by atoms with Crippen LogP contribution in [-0.4, -0.2) is 22.2 Å². The van der Waals surface area contributed by atoms with E-state index >= 15 is 0 Å². The Kier molecular flexibility index (Phi) is 20.7. The Morgan fingerprint density at radius 3 is 1.72 bits per heavy atom. The van der Waals surface area contributed by atoms with Crippen molar-refractivity contribution in [2.45, 2.75) is 110 Å². The van der Waals surface area contributed by atoms with Gasteiger partial charge in [-0.2, -0.15) is 0 Å². The van der Waals surface area contributed by atoms with E-state index in [1.807, 2.05) is 6.08 Å². The summed E-state index contributed by atoms with van der Waals surface area (Å²) < 4.78 is 0. The fourth-order valence-electron chi connectivity index (χ4n) is 3.80. The number of hydrogen-bond acceptors (Lipinski definition) is 2. The number of carbonyl (C=O) groups is 2. The highest BCUT2D eigenvalue weighted by molar-refractivity contribution is 5.87. The second-order valence-electron chi connectivity index (χ2n) is 8.67. The maximum absolute atomic E-state index is 10.7. The molecule has 1 rings (SSSR count). The van der Waals surface area contributed by atoms with E-state index in [9.17, 15) is 9.59 Å². The minimum Gasteiger partial charge on any atom is -0.481 e. The topological polar surface area (TPSA) is 74.6 Å². The van der Waals surface area contributed by atoms with Crippen LogP contribution in [0, 0.1) is 5.92 Å². The zero-order valence-corrected chi connectivity index (χ0v) is 20.3. The summed E-state index contributed by atoms with van der Waals surface area (Å²) in [7, 11) is 0. The number of benzene rings is 1. The van der Waals surface area contributed by atoms with E-state index in [4.69, 9.17) is 10.2 Å². The summed E-state index contributed by atoms with van der Waals surface area (Å²) in [4.78, 5) is 20.9. The van der Waals surface area contributed by atoms with Gasteiger partial charge in [-0.3, -0.25) is 4.79 Å². The van der Waals surface area contributed by atoms with Crippen molar-refractivity contribution in [1.29, 1.82) is 0 Å². The first-order valence-corrected chi connectivity index (χ1v) is 12.6. The van der Waals surface area contributed by atoms with E-state index < -0.39 is 11.9 Å². The number of hydrogen-bond donors (Lipinski definition) is 2. The second-order valence-corrected chi connectivity index (χ2v) is 8.67. The minimum atomic E-state index is -0.879. The van der Waals surface area contributed by atoms with Crippen LogP contribution in [0.4, 0.5) is 0 Å².